The molecule has 0 aliphatic heterocycles. The number of rotatable bonds is 5. The van der Waals surface area contributed by atoms with Gasteiger partial charge in [-0.15, -0.1) is 0 Å². The van der Waals surface area contributed by atoms with E-state index in [0.717, 1.165) is 29.2 Å². The lowest BCUT2D eigenvalue weighted by Gasteiger charge is -2.09. The zero-order valence-electron chi connectivity index (χ0n) is 9.55. The molecule has 1 aromatic rings. The molecule has 16 heavy (non-hydrogen) atoms. The van der Waals surface area contributed by atoms with E-state index in [0.29, 0.717) is 6.42 Å². The maximum absolute atomic E-state index is 10.9. The van der Waals surface area contributed by atoms with E-state index in [2.05, 4.69) is 10.1 Å². The van der Waals surface area contributed by atoms with Gasteiger partial charge in [-0.25, -0.2) is 0 Å². The fraction of sp³-hybridized carbons (Fsp3) is 0.417. The summed E-state index contributed by atoms with van der Waals surface area (Å²) in [5.74, 6) is -0.176. The van der Waals surface area contributed by atoms with Crippen molar-refractivity contribution in [3.8, 4) is 0 Å². The Morgan fingerprint density at radius 3 is 2.94 bits per heavy atom. The summed E-state index contributed by atoms with van der Waals surface area (Å²) in [7, 11) is 1.40. The largest absolute Gasteiger partial charge is 0.469 e. The minimum Gasteiger partial charge on any atom is -0.469 e. The van der Waals surface area contributed by atoms with E-state index in [1.165, 1.54) is 7.11 Å². The molecule has 0 aliphatic rings. The average Bonchev–Trinajstić information content (AvgIpc) is 2.29. The molecule has 88 valence electrons. The van der Waals surface area contributed by atoms with Gasteiger partial charge in [-0.2, -0.15) is 0 Å². The molecular formula is C12H16ClNO2. The number of hydrogen-bond acceptors (Lipinski definition) is 3. The van der Waals surface area contributed by atoms with Crippen molar-refractivity contribution < 1.29 is 9.53 Å². The van der Waals surface area contributed by atoms with Gasteiger partial charge in [0.05, 0.1) is 7.11 Å². The molecule has 0 spiro atoms. The van der Waals surface area contributed by atoms with Crippen LogP contribution >= 0.6 is 11.6 Å². The lowest BCUT2D eigenvalue weighted by molar-refractivity contribution is -0.140. The van der Waals surface area contributed by atoms with E-state index in [9.17, 15) is 4.79 Å². The highest BCUT2D eigenvalue weighted by molar-refractivity contribution is 6.31. The fourth-order valence-electron chi connectivity index (χ4n) is 1.36. The first kappa shape index (κ1) is 12.8. The fourth-order valence-corrected chi connectivity index (χ4v) is 1.53. The third-order valence-corrected chi connectivity index (χ3v) is 2.78. The Morgan fingerprint density at radius 1 is 1.50 bits per heavy atom. The lowest BCUT2D eigenvalue weighted by atomic mass is 10.2. The van der Waals surface area contributed by atoms with Crippen molar-refractivity contribution in [3.05, 3.63) is 28.8 Å². The second kappa shape index (κ2) is 6.38. The zero-order chi connectivity index (χ0) is 12.0. The van der Waals surface area contributed by atoms with E-state index >= 15 is 0 Å². The maximum atomic E-state index is 10.9. The van der Waals surface area contributed by atoms with Gasteiger partial charge in [0.15, 0.2) is 0 Å². The number of nitrogens with one attached hydrogen (secondary N) is 1. The number of benzene rings is 1. The van der Waals surface area contributed by atoms with Crippen molar-refractivity contribution in [1.82, 2.24) is 0 Å². The zero-order valence-corrected chi connectivity index (χ0v) is 10.3. The monoisotopic (exact) mass is 241 g/mol. The molecule has 1 N–H and O–H groups in total. The number of anilines is 1. The number of hydrogen-bond donors (Lipinski definition) is 1. The summed E-state index contributed by atoms with van der Waals surface area (Å²) in [6.07, 6.45) is 1.18. The van der Waals surface area contributed by atoms with Gasteiger partial charge >= 0.3 is 5.97 Å². The Bertz CT molecular complexity index is 366. The van der Waals surface area contributed by atoms with Gasteiger partial charge < -0.3 is 10.1 Å². The molecule has 3 nitrogen and oxygen atoms in total. The molecule has 0 aromatic heterocycles. The highest BCUT2D eigenvalue weighted by atomic mass is 35.5. The van der Waals surface area contributed by atoms with Crippen LogP contribution in [0, 0.1) is 6.92 Å². The van der Waals surface area contributed by atoms with E-state index in [4.69, 9.17) is 11.6 Å². The smallest absolute Gasteiger partial charge is 0.305 e. The van der Waals surface area contributed by atoms with Crippen molar-refractivity contribution in [2.75, 3.05) is 19.0 Å². The minimum atomic E-state index is -0.176. The van der Waals surface area contributed by atoms with Gasteiger partial charge in [0.1, 0.15) is 0 Å². The van der Waals surface area contributed by atoms with Gasteiger partial charge in [-0.05, 0) is 31.0 Å². The molecule has 0 heterocycles. The van der Waals surface area contributed by atoms with Crippen molar-refractivity contribution in [1.29, 1.82) is 0 Å². The molecule has 4 heteroatoms. The Morgan fingerprint density at radius 2 is 2.25 bits per heavy atom. The van der Waals surface area contributed by atoms with Crippen molar-refractivity contribution >= 4 is 23.3 Å². The molecule has 0 bridgehead atoms. The summed E-state index contributed by atoms with van der Waals surface area (Å²) in [6, 6.07) is 5.73. The second-order valence-corrected chi connectivity index (χ2v) is 3.93. The van der Waals surface area contributed by atoms with Gasteiger partial charge in [0.2, 0.25) is 0 Å². The van der Waals surface area contributed by atoms with Crippen LogP contribution in [0.5, 0.6) is 0 Å². The summed E-state index contributed by atoms with van der Waals surface area (Å²) >= 11 is 5.99. The van der Waals surface area contributed by atoms with Crippen LogP contribution in [-0.4, -0.2) is 19.6 Å². The topological polar surface area (TPSA) is 38.3 Å². The number of methoxy groups -OCH3 is 1. The van der Waals surface area contributed by atoms with E-state index < -0.39 is 0 Å². The number of esters is 1. The molecule has 0 aliphatic carbocycles. The van der Waals surface area contributed by atoms with Gasteiger partial charge in [-0.1, -0.05) is 17.7 Å². The van der Waals surface area contributed by atoms with Crippen LogP contribution in [0.25, 0.3) is 0 Å². The van der Waals surface area contributed by atoms with Gasteiger partial charge in [0.25, 0.3) is 0 Å². The predicted molar refractivity (Wildman–Crippen MR) is 65.9 cm³/mol. The Kier molecular flexibility index (Phi) is 5.12. The molecule has 0 unspecified atom stereocenters. The first-order valence-electron chi connectivity index (χ1n) is 5.21. The van der Waals surface area contributed by atoms with Crippen LogP contribution in [0.15, 0.2) is 18.2 Å². The first-order chi connectivity index (χ1) is 7.65. The average molecular weight is 242 g/mol. The molecule has 0 radical (unpaired) electrons. The van der Waals surface area contributed by atoms with Crippen LogP contribution in [0.1, 0.15) is 18.4 Å². The Hall–Kier alpha value is -1.22. The third-order valence-electron chi connectivity index (χ3n) is 2.37. The van der Waals surface area contributed by atoms with Gasteiger partial charge in [0, 0.05) is 23.7 Å². The number of carbonyl (C=O) groups is 1. The van der Waals surface area contributed by atoms with Crippen molar-refractivity contribution in [2.24, 2.45) is 0 Å². The Balaban J connectivity index is 2.38. The maximum Gasteiger partial charge on any atom is 0.305 e. The number of halogens is 1. The lowest BCUT2D eigenvalue weighted by Crippen LogP contribution is -2.07. The molecule has 0 saturated carbocycles. The summed E-state index contributed by atoms with van der Waals surface area (Å²) in [5, 5.41) is 3.99. The second-order valence-electron chi connectivity index (χ2n) is 3.52. The molecule has 1 aromatic carbocycles. The highest BCUT2D eigenvalue weighted by Crippen LogP contribution is 2.22. The van der Waals surface area contributed by atoms with Crippen molar-refractivity contribution in [3.63, 3.8) is 0 Å². The number of ether oxygens (including phenoxy) is 1. The molecule has 0 amide bonds. The molecule has 0 saturated heterocycles. The Labute approximate surface area is 101 Å². The van der Waals surface area contributed by atoms with Crippen LogP contribution < -0.4 is 5.32 Å². The summed E-state index contributed by atoms with van der Waals surface area (Å²) in [6.45, 7) is 2.70. The first-order valence-corrected chi connectivity index (χ1v) is 5.58. The van der Waals surface area contributed by atoms with Crippen LogP contribution in [0.2, 0.25) is 5.02 Å². The predicted octanol–water partition coefficient (Wildman–Crippen LogP) is 3.01. The standard InChI is InChI=1S/C12H16ClNO2/c1-9-10(13)5-3-6-11(9)14-8-4-7-12(15)16-2/h3,5-6,14H,4,7-8H2,1-2H3. The quantitative estimate of drug-likeness (QED) is 0.636. The van der Waals surface area contributed by atoms with Crippen LogP contribution in [0.4, 0.5) is 5.69 Å². The van der Waals surface area contributed by atoms with E-state index in [-0.39, 0.29) is 5.97 Å². The molecular weight excluding hydrogens is 226 g/mol. The molecule has 1 rings (SSSR count). The van der Waals surface area contributed by atoms with Crippen LogP contribution in [-0.2, 0) is 9.53 Å². The summed E-state index contributed by atoms with van der Waals surface area (Å²) in [5.41, 5.74) is 2.04. The van der Waals surface area contributed by atoms with Gasteiger partial charge in [-0.3, -0.25) is 4.79 Å². The van der Waals surface area contributed by atoms with Crippen LogP contribution in [0.3, 0.4) is 0 Å². The normalized spacial score (nSPS) is 9.94. The number of carbonyl (C=O) groups excluding carboxylic acids is 1. The van der Waals surface area contributed by atoms with Crippen molar-refractivity contribution in [2.45, 2.75) is 19.8 Å². The van der Waals surface area contributed by atoms with E-state index in [1.807, 2.05) is 25.1 Å². The molecule has 0 fully saturated rings. The minimum absolute atomic E-state index is 0.176. The summed E-state index contributed by atoms with van der Waals surface area (Å²) < 4.78 is 4.56. The highest BCUT2D eigenvalue weighted by Gasteiger charge is 2.02. The molecule has 0 atom stereocenters. The SMILES string of the molecule is COC(=O)CCCNc1cccc(Cl)c1C. The van der Waals surface area contributed by atoms with E-state index in [1.54, 1.807) is 0 Å². The third kappa shape index (κ3) is 3.74. The summed E-state index contributed by atoms with van der Waals surface area (Å²) in [4.78, 5) is 10.9.